The maximum atomic E-state index is 13.5. The summed E-state index contributed by atoms with van der Waals surface area (Å²) < 4.78 is 27.0. The van der Waals surface area contributed by atoms with E-state index in [0.717, 1.165) is 10.0 Å². The molecule has 0 unspecified atom stereocenters. The zero-order valence-electron chi connectivity index (χ0n) is 8.56. The number of carbonyl (C=O) groups is 1. The summed E-state index contributed by atoms with van der Waals surface area (Å²) in [6, 6.07) is 6.62. The van der Waals surface area contributed by atoms with Crippen LogP contribution in [0.5, 0.6) is 0 Å². The topological polar surface area (TPSA) is 48.0 Å². The molecule has 3 nitrogen and oxygen atoms in total. The summed E-state index contributed by atoms with van der Waals surface area (Å²) in [5.41, 5.74) is 5.65. The van der Waals surface area contributed by atoms with E-state index in [9.17, 15) is 13.1 Å². The van der Waals surface area contributed by atoms with Crippen molar-refractivity contribution in [3.8, 4) is 0 Å². The number of anilines is 1. The van der Waals surface area contributed by atoms with E-state index in [1.54, 1.807) is 0 Å². The van der Waals surface area contributed by atoms with Crippen molar-refractivity contribution in [1.82, 2.24) is 3.97 Å². The number of nitrogen functional groups attached to an aromatic ring is 1. The quantitative estimate of drug-likeness (QED) is 0.676. The molecule has 0 saturated carbocycles. The maximum Gasteiger partial charge on any atom is 0.213 e. The average Bonchev–Trinajstić information content (AvgIpc) is 2.79. The molecule has 17 heavy (non-hydrogen) atoms. The number of halogens is 2. The van der Waals surface area contributed by atoms with E-state index in [2.05, 4.69) is 0 Å². The zero-order chi connectivity index (χ0) is 12.4. The largest absolute Gasteiger partial charge is 0.399 e. The highest BCUT2D eigenvalue weighted by molar-refractivity contribution is 7.92. The molecule has 1 aromatic heterocycles. The fourth-order valence-electron chi connectivity index (χ4n) is 1.46. The second kappa shape index (κ2) is 4.58. The lowest BCUT2D eigenvalue weighted by atomic mass is 10.1. The zero-order valence-corrected chi connectivity index (χ0v) is 9.38. The van der Waals surface area contributed by atoms with Crippen molar-refractivity contribution >= 4 is 23.8 Å². The molecule has 88 valence electrons. The molecule has 2 N–H and O–H groups in total. The first-order valence-electron chi connectivity index (χ1n) is 4.69. The lowest BCUT2D eigenvalue weighted by Crippen LogP contribution is -2.08. The van der Waals surface area contributed by atoms with Gasteiger partial charge in [0.15, 0.2) is 12.3 Å². The Morgan fingerprint density at radius 3 is 2.82 bits per heavy atom. The van der Waals surface area contributed by atoms with Crippen LogP contribution in [-0.4, -0.2) is 9.76 Å². The van der Waals surface area contributed by atoms with Crippen LogP contribution in [0.1, 0.15) is 16.1 Å². The SMILES string of the molecule is Nc1ccc(F)c(C(=O)c2cccn2SF)c1. The molecule has 0 bridgehead atoms. The van der Waals surface area contributed by atoms with E-state index >= 15 is 0 Å². The summed E-state index contributed by atoms with van der Waals surface area (Å²) in [4.78, 5) is 12.0. The van der Waals surface area contributed by atoms with E-state index in [1.165, 1.54) is 30.5 Å². The van der Waals surface area contributed by atoms with E-state index in [1.807, 2.05) is 0 Å². The third-order valence-corrected chi connectivity index (χ3v) is 2.72. The normalized spacial score (nSPS) is 10.5. The smallest absolute Gasteiger partial charge is 0.213 e. The number of carbonyl (C=O) groups excluding carboxylic acids is 1. The third-order valence-electron chi connectivity index (χ3n) is 2.26. The predicted molar refractivity (Wildman–Crippen MR) is 62.8 cm³/mol. The van der Waals surface area contributed by atoms with Crippen LogP contribution < -0.4 is 5.73 Å². The van der Waals surface area contributed by atoms with Gasteiger partial charge in [0.1, 0.15) is 11.5 Å². The van der Waals surface area contributed by atoms with Crippen molar-refractivity contribution in [2.24, 2.45) is 0 Å². The Morgan fingerprint density at radius 1 is 1.35 bits per heavy atom. The third kappa shape index (κ3) is 2.16. The average molecular weight is 254 g/mol. The lowest BCUT2D eigenvalue weighted by Gasteiger charge is -2.04. The standard InChI is InChI=1S/C11H8F2N2OS/c12-9-4-3-7(14)6-8(9)11(16)10-2-1-5-15(10)17-13/h1-6H,14H2. The van der Waals surface area contributed by atoms with Gasteiger partial charge in [-0.3, -0.25) is 8.77 Å². The van der Waals surface area contributed by atoms with Crippen molar-refractivity contribution in [3.05, 3.63) is 53.6 Å². The molecule has 2 aromatic rings. The summed E-state index contributed by atoms with van der Waals surface area (Å²) in [5.74, 6) is -1.29. The summed E-state index contributed by atoms with van der Waals surface area (Å²) >= 11 is -0.123. The highest BCUT2D eigenvalue weighted by atomic mass is 32.2. The monoisotopic (exact) mass is 254 g/mol. The van der Waals surface area contributed by atoms with Gasteiger partial charge < -0.3 is 5.73 Å². The van der Waals surface area contributed by atoms with Crippen molar-refractivity contribution in [1.29, 1.82) is 0 Å². The minimum atomic E-state index is -0.680. The minimum absolute atomic E-state index is 0.0574. The maximum absolute atomic E-state index is 13.5. The molecule has 0 aliphatic rings. The Labute approximate surface area is 101 Å². The van der Waals surface area contributed by atoms with Crippen LogP contribution in [0, 0.1) is 5.82 Å². The van der Waals surface area contributed by atoms with Crippen LogP contribution in [0.3, 0.4) is 0 Å². The fraction of sp³-hybridized carbons (Fsp3) is 0. The first kappa shape index (κ1) is 11.7. The Bertz CT molecular complexity index is 568. The van der Waals surface area contributed by atoms with E-state index in [0.29, 0.717) is 0 Å². The second-order valence-corrected chi connectivity index (χ2v) is 3.89. The van der Waals surface area contributed by atoms with Crippen molar-refractivity contribution in [2.45, 2.75) is 0 Å². The Hall–Kier alpha value is -1.82. The molecular formula is C11H8F2N2OS. The molecule has 0 saturated heterocycles. The van der Waals surface area contributed by atoms with Gasteiger partial charge in [-0.05, 0) is 30.3 Å². The van der Waals surface area contributed by atoms with Gasteiger partial charge in [-0.25, -0.2) is 4.39 Å². The molecule has 6 heteroatoms. The van der Waals surface area contributed by atoms with Gasteiger partial charge in [0.2, 0.25) is 5.78 Å². The predicted octanol–water partition coefficient (Wildman–Crippen LogP) is 2.82. The summed E-state index contributed by atoms with van der Waals surface area (Å²) in [6.45, 7) is 0. The minimum Gasteiger partial charge on any atom is -0.399 e. The molecule has 0 amide bonds. The summed E-state index contributed by atoms with van der Waals surface area (Å²) in [6.07, 6.45) is 1.38. The van der Waals surface area contributed by atoms with E-state index in [-0.39, 0.29) is 29.3 Å². The van der Waals surface area contributed by atoms with E-state index < -0.39 is 11.6 Å². The Morgan fingerprint density at radius 2 is 2.12 bits per heavy atom. The molecule has 2 rings (SSSR count). The number of benzene rings is 1. The molecule has 0 atom stereocenters. The fourth-order valence-corrected chi connectivity index (χ4v) is 1.79. The van der Waals surface area contributed by atoms with Gasteiger partial charge in [-0.1, -0.05) is 0 Å². The van der Waals surface area contributed by atoms with Gasteiger partial charge >= 0.3 is 0 Å². The van der Waals surface area contributed by atoms with Crippen LogP contribution in [0.2, 0.25) is 0 Å². The van der Waals surface area contributed by atoms with Gasteiger partial charge in [-0.2, -0.15) is 0 Å². The molecular weight excluding hydrogens is 246 g/mol. The number of hydrogen-bond donors (Lipinski definition) is 1. The van der Waals surface area contributed by atoms with Gasteiger partial charge in [0.25, 0.3) is 0 Å². The first-order chi connectivity index (χ1) is 8.13. The van der Waals surface area contributed by atoms with Gasteiger partial charge in [-0.15, -0.1) is 3.89 Å². The Balaban J connectivity index is 2.47. The van der Waals surface area contributed by atoms with Crippen LogP contribution in [-0.2, 0) is 0 Å². The van der Waals surface area contributed by atoms with E-state index in [4.69, 9.17) is 5.73 Å². The van der Waals surface area contributed by atoms with Crippen LogP contribution >= 0.6 is 12.3 Å². The number of nitrogens with zero attached hydrogens (tertiary/aromatic N) is 1. The van der Waals surface area contributed by atoms with Crippen LogP contribution in [0.4, 0.5) is 14.0 Å². The molecule has 0 spiro atoms. The van der Waals surface area contributed by atoms with Gasteiger partial charge in [0.05, 0.1) is 5.56 Å². The summed E-state index contributed by atoms with van der Waals surface area (Å²) in [5, 5.41) is 0. The first-order valence-corrected chi connectivity index (χ1v) is 5.37. The molecule has 1 heterocycles. The molecule has 0 aliphatic heterocycles. The van der Waals surface area contributed by atoms with Crippen molar-refractivity contribution < 1.29 is 13.1 Å². The van der Waals surface area contributed by atoms with Crippen molar-refractivity contribution in [3.63, 3.8) is 0 Å². The van der Waals surface area contributed by atoms with Crippen LogP contribution in [0.25, 0.3) is 0 Å². The number of aromatic nitrogens is 1. The number of rotatable bonds is 3. The van der Waals surface area contributed by atoms with Crippen molar-refractivity contribution in [2.75, 3.05) is 5.73 Å². The lowest BCUT2D eigenvalue weighted by molar-refractivity contribution is 0.103. The molecule has 0 aliphatic carbocycles. The molecule has 0 fully saturated rings. The Kier molecular flexibility index (Phi) is 3.14. The molecule has 1 aromatic carbocycles. The highest BCUT2D eigenvalue weighted by Gasteiger charge is 2.17. The number of ketones is 1. The molecule has 0 radical (unpaired) electrons. The highest BCUT2D eigenvalue weighted by Crippen LogP contribution is 2.20. The van der Waals surface area contributed by atoms with Gasteiger partial charge in [0, 0.05) is 11.9 Å². The second-order valence-electron chi connectivity index (χ2n) is 3.36. The van der Waals surface area contributed by atoms with Crippen LogP contribution in [0.15, 0.2) is 36.5 Å². The summed E-state index contributed by atoms with van der Waals surface area (Å²) in [7, 11) is 0. The number of nitrogens with two attached hydrogens (primary N) is 1. The number of hydrogen-bond acceptors (Lipinski definition) is 3.